The minimum Gasteiger partial charge on any atom is -0.462 e. The van der Waals surface area contributed by atoms with E-state index >= 15 is 0 Å². The summed E-state index contributed by atoms with van der Waals surface area (Å²) in [6, 6.07) is 0. The van der Waals surface area contributed by atoms with Gasteiger partial charge in [0.05, 0.1) is 5.41 Å². The summed E-state index contributed by atoms with van der Waals surface area (Å²) in [7, 11) is 0. The van der Waals surface area contributed by atoms with Crippen LogP contribution in [0.4, 0.5) is 0 Å². The number of fused-ring (bicyclic) bond motifs is 1. The molecule has 104 valence electrons. The first kappa shape index (κ1) is 13.9. The van der Waals surface area contributed by atoms with Crippen molar-refractivity contribution in [3.8, 4) is 0 Å². The second-order valence-corrected chi connectivity index (χ2v) is 6.21. The maximum atomic E-state index is 12.3. The van der Waals surface area contributed by atoms with E-state index in [0.717, 1.165) is 32.5 Å². The van der Waals surface area contributed by atoms with Gasteiger partial charge in [0.15, 0.2) is 0 Å². The Morgan fingerprint density at radius 1 is 1.28 bits per heavy atom. The summed E-state index contributed by atoms with van der Waals surface area (Å²) in [6.45, 7) is 9.27. The van der Waals surface area contributed by atoms with E-state index in [1.54, 1.807) is 0 Å². The summed E-state index contributed by atoms with van der Waals surface area (Å²) in [4.78, 5) is 14.6. The number of ether oxygens (including phenoxy) is 1. The molecule has 0 amide bonds. The molecule has 0 aromatic carbocycles. The van der Waals surface area contributed by atoms with Gasteiger partial charge in [-0.1, -0.05) is 20.3 Å². The third kappa shape index (κ3) is 2.71. The van der Waals surface area contributed by atoms with Crippen LogP contribution in [0, 0.1) is 11.3 Å². The van der Waals surface area contributed by atoms with Crippen molar-refractivity contribution in [1.29, 1.82) is 0 Å². The van der Waals surface area contributed by atoms with Crippen molar-refractivity contribution >= 4 is 5.97 Å². The van der Waals surface area contributed by atoms with Crippen LogP contribution in [0.3, 0.4) is 0 Å². The fraction of sp³-hybridized carbons (Fsp3) is 0.933. The average molecular weight is 253 g/mol. The molecule has 2 rings (SSSR count). The van der Waals surface area contributed by atoms with Crippen molar-refractivity contribution in [1.82, 2.24) is 4.90 Å². The number of hydrogen-bond donors (Lipinski definition) is 0. The number of nitrogens with zero attached hydrogens (tertiary/aromatic N) is 1. The first-order valence-electron chi connectivity index (χ1n) is 7.52. The fourth-order valence-corrected chi connectivity index (χ4v) is 3.57. The van der Waals surface area contributed by atoms with Gasteiger partial charge in [-0.2, -0.15) is 0 Å². The monoisotopic (exact) mass is 253 g/mol. The highest BCUT2D eigenvalue weighted by atomic mass is 16.5. The van der Waals surface area contributed by atoms with Crippen LogP contribution in [-0.2, 0) is 9.53 Å². The second-order valence-electron chi connectivity index (χ2n) is 6.21. The van der Waals surface area contributed by atoms with Gasteiger partial charge in [-0.15, -0.1) is 0 Å². The molecule has 2 aliphatic rings. The Hall–Kier alpha value is -0.570. The molecule has 0 spiro atoms. The van der Waals surface area contributed by atoms with Crippen LogP contribution in [0.25, 0.3) is 0 Å². The summed E-state index contributed by atoms with van der Waals surface area (Å²) < 4.78 is 5.73. The zero-order chi connectivity index (χ0) is 13.2. The van der Waals surface area contributed by atoms with Gasteiger partial charge in [0.2, 0.25) is 0 Å². The molecule has 0 aromatic rings. The van der Waals surface area contributed by atoms with Crippen molar-refractivity contribution in [2.45, 2.75) is 59.0 Å². The molecule has 3 unspecified atom stereocenters. The molecular weight excluding hydrogens is 226 g/mol. The molecule has 1 heterocycles. The SMILES string of the molecule is CCN(CC)CC1(C)CC2CCCCC2OC1=O. The molecule has 3 atom stereocenters. The van der Waals surface area contributed by atoms with Gasteiger partial charge >= 0.3 is 5.97 Å². The normalized spacial score (nSPS) is 36.3. The molecule has 1 aliphatic carbocycles. The third-order valence-corrected chi connectivity index (χ3v) is 4.77. The molecule has 0 bridgehead atoms. The molecule has 3 nitrogen and oxygen atoms in total. The fourth-order valence-electron chi connectivity index (χ4n) is 3.57. The van der Waals surface area contributed by atoms with Crippen LogP contribution in [0.5, 0.6) is 0 Å². The minimum atomic E-state index is -0.287. The second kappa shape index (κ2) is 5.60. The van der Waals surface area contributed by atoms with Crippen molar-refractivity contribution in [2.75, 3.05) is 19.6 Å². The van der Waals surface area contributed by atoms with Crippen LogP contribution in [0.15, 0.2) is 0 Å². The lowest BCUT2D eigenvalue weighted by Crippen LogP contribution is -2.50. The first-order chi connectivity index (χ1) is 8.59. The van der Waals surface area contributed by atoms with Crippen LogP contribution < -0.4 is 0 Å². The highest BCUT2D eigenvalue weighted by molar-refractivity contribution is 5.77. The van der Waals surface area contributed by atoms with E-state index in [4.69, 9.17) is 4.74 Å². The lowest BCUT2D eigenvalue weighted by Gasteiger charge is -2.44. The van der Waals surface area contributed by atoms with E-state index in [1.165, 1.54) is 19.3 Å². The number of carbonyl (C=O) groups excluding carboxylic acids is 1. The van der Waals surface area contributed by atoms with Gasteiger partial charge in [0.1, 0.15) is 6.10 Å². The van der Waals surface area contributed by atoms with Gasteiger partial charge < -0.3 is 9.64 Å². The van der Waals surface area contributed by atoms with E-state index in [0.29, 0.717) is 5.92 Å². The van der Waals surface area contributed by atoms with Gasteiger partial charge in [0.25, 0.3) is 0 Å². The first-order valence-corrected chi connectivity index (χ1v) is 7.52. The zero-order valence-corrected chi connectivity index (χ0v) is 12.1. The molecule has 0 N–H and O–H groups in total. The van der Waals surface area contributed by atoms with E-state index in [1.807, 2.05) is 0 Å². The predicted molar refractivity (Wildman–Crippen MR) is 72.4 cm³/mol. The maximum absolute atomic E-state index is 12.3. The van der Waals surface area contributed by atoms with Gasteiger partial charge in [-0.05, 0) is 51.6 Å². The maximum Gasteiger partial charge on any atom is 0.313 e. The lowest BCUT2D eigenvalue weighted by molar-refractivity contribution is -0.180. The van der Waals surface area contributed by atoms with Gasteiger partial charge in [-0.25, -0.2) is 0 Å². The average Bonchev–Trinajstić information content (AvgIpc) is 2.37. The number of esters is 1. The molecule has 1 saturated heterocycles. The summed E-state index contributed by atoms with van der Waals surface area (Å²) in [6.07, 6.45) is 6.09. The Labute approximate surface area is 111 Å². The summed E-state index contributed by atoms with van der Waals surface area (Å²) in [5.41, 5.74) is -0.287. The van der Waals surface area contributed by atoms with E-state index < -0.39 is 0 Å². The van der Waals surface area contributed by atoms with E-state index in [9.17, 15) is 4.79 Å². The molecular formula is C15H27NO2. The van der Waals surface area contributed by atoms with Gasteiger partial charge in [0, 0.05) is 6.54 Å². The Morgan fingerprint density at radius 3 is 2.61 bits per heavy atom. The van der Waals surface area contributed by atoms with Crippen molar-refractivity contribution in [3.05, 3.63) is 0 Å². The third-order valence-electron chi connectivity index (χ3n) is 4.77. The number of rotatable bonds is 4. The van der Waals surface area contributed by atoms with Crippen LogP contribution in [-0.4, -0.2) is 36.6 Å². The van der Waals surface area contributed by atoms with Crippen molar-refractivity contribution < 1.29 is 9.53 Å². The Bertz CT molecular complexity index is 301. The predicted octanol–water partition coefficient (Wildman–Crippen LogP) is 2.84. The Kier molecular flexibility index (Phi) is 4.31. The molecule has 0 radical (unpaired) electrons. The standard InChI is InChI=1S/C15H27NO2/c1-4-16(5-2)11-15(3)10-12-8-6-7-9-13(12)18-14(15)17/h12-13H,4-11H2,1-3H3. The van der Waals surface area contributed by atoms with Gasteiger partial charge in [-0.3, -0.25) is 4.79 Å². The Morgan fingerprint density at radius 2 is 1.94 bits per heavy atom. The highest BCUT2D eigenvalue weighted by Crippen LogP contribution is 2.42. The largest absolute Gasteiger partial charge is 0.462 e. The molecule has 2 fully saturated rings. The summed E-state index contributed by atoms with van der Waals surface area (Å²) in [5, 5.41) is 0. The molecule has 1 aliphatic heterocycles. The topological polar surface area (TPSA) is 29.5 Å². The van der Waals surface area contributed by atoms with Crippen LogP contribution in [0.2, 0.25) is 0 Å². The molecule has 3 heteroatoms. The number of hydrogen-bond acceptors (Lipinski definition) is 3. The summed E-state index contributed by atoms with van der Waals surface area (Å²) in [5.74, 6) is 0.648. The quantitative estimate of drug-likeness (QED) is 0.722. The minimum absolute atomic E-state index is 0.0394. The van der Waals surface area contributed by atoms with Crippen molar-refractivity contribution in [3.63, 3.8) is 0 Å². The molecule has 1 saturated carbocycles. The summed E-state index contributed by atoms with van der Waals surface area (Å²) >= 11 is 0. The van der Waals surface area contributed by atoms with Crippen LogP contribution in [0.1, 0.15) is 52.9 Å². The smallest absolute Gasteiger partial charge is 0.313 e. The molecule has 18 heavy (non-hydrogen) atoms. The number of carbonyl (C=O) groups is 1. The Balaban J connectivity index is 2.04. The van der Waals surface area contributed by atoms with Crippen molar-refractivity contribution in [2.24, 2.45) is 11.3 Å². The highest BCUT2D eigenvalue weighted by Gasteiger charge is 2.46. The molecule has 0 aromatic heterocycles. The van der Waals surface area contributed by atoms with Crippen LogP contribution >= 0.6 is 0 Å². The van der Waals surface area contributed by atoms with E-state index in [-0.39, 0.29) is 17.5 Å². The van der Waals surface area contributed by atoms with E-state index in [2.05, 4.69) is 25.7 Å². The zero-order valence-electron chi connectivity index (χ0n) is 12.1. The lowest BCUT2D eigenvalue weighted by atomic mass is 9.71.